The van der Waals surface area contributed by atoms with Crippen molar-refractivity contribution in [2.75, 3.05) is 5.32 Å². The van der Waals surface area contributed by atoms with Crippen molar-refractivity contribution in [1.29, 1.82) is 0 Å². The molecule has 31 heavy (non-hydrogen) atoms. The van der Waals surface area contributed by atoms with Crippen LogP contribution in [0.1, 0.15) is 55.3 Å². The van der Waals surface area contributed by atoms with Gasteiger partial charge in [0, 0.05) is 30.1 Å². The van der Waals surface area contributed by atoms with Crippen LogP contribution in [0.4, 0.5) is 5.69 Å². The van der Waals surface area contributed by atoms with Gasteiger partial charge in [-0.15, -0.1) is 0 Å². The quantitative estimate of drug-likeness (QED) is 0.547. The number of hydrogen-bond acceptors (Lipinski definition) is 3. The normalized spacial score (nSPS) is 15.6. The Balaban J connectivity index is 1.72. The highest BCUT2D eigenvalue weighted by atomic mass is 35.5. The maximum atomic E-state index is 13.2. The number of amides is 1. The molecule has 5 nitrogen and oxygen atoms in total. The highest BCUT2D eigenvalue weighted by Gasteiger charge is 2.21. The first kappa shape index (κ1) is 21.4. The number of nitrogens with one attached hydrogen (secondary N) is 1. The van der Waals surface area contributed by atoms with E-state index in [9.17, 15) is 9.59 Å². The van der Waals surface area contributed by atoms with Gasteiger partial charge in [0.1, 0.15) is 0 Å². The largest absolute Gasteiger partial charge is 0.377 e. The first-order valence-electron chi connectivity index (χ1n) is 11.0. The number of pyridine rings is 1. The second kappa shape index (κ2) is 9.15. The van der Waals surface area contributed by atoms with Gasteiger partial charge >= 0.3 is 0 Å². The lowest BCUT2D eigenvalue weighted by molar-refractivity contribution is -0.118. The van der Waals surface area contributed by atoms with Crippen LogP contribution in [0.25, 0.3) is 10.9 Å². The number of carbonyl (C=O) groups is 1. The van der Waals surface area contributed by atoms with E-state index in [1.165, 1.54) is 11.1 Å². The van der Waals surface area contributed by atoms with E-state index in [4.69, 9.17) is 17.3 Å². The molecule has 1 aromatic heterocycles. The van der Waals surface area contributed by atoms with Crippen molar-refractivity contribution in [1.82, 2.24) is 4.57 Å². The van der Waals surface area contributed by atoms with Crippen LogP contribution < -0.4 is 16.5 Å². The number of anilines is 1. The Kier molecular flexibility index (Phi) is 6.33. The van der Waals surface area contributed by atoms with Crippen molar-refractivity contribution < 1.29 is 4.79 Å². The van der Waals surface area contributed by atoms with Gasteiger partial charge in [-0.05, 0) is 62.3 Å². The number of nitrogens with two attached hydrogens (primary N) is 1. The van der Waals surface area contributed by atoms with Gasteiger partial charge in [-0.2, -0.15) is 0 Å². The lowest BCUT2D eigenvalue weighted by Crippen LogP contribution is -2.19. The molecule has 0 bridgehead atoms. The van der Waals surface area contributed by atoms with Crippen LogP contribution in [0, 0.1) is 0 Å². The number of aromatic nitrogens is 1. The third kappa shape index (κ3) is 4.47. The average Bonchev–Trinajstić information content (AvgIpc) is 2.76. The molecule has 1 amide bonds. The van der Waals surface area contributed by atoms with Crippen molar-refractivity contribution in [3.05, 3.63) is 74.5 Å². The molecule has 3 aromatic rings. The maximum Gasteiger partial charge on any atom is 0.217 e. The number of nitrogens with zero attached hydrogens (tertiary/aromatic N) is 1. The van der Waals surface area contributed by atoms with Crippen LogP contribution in [0.3, 0.4) is 0 Å². The number of carbonyl (C=O) groups excluding carboxylic acids is 1. The zero-order chi connectivity index (χ0) is 22.0. The first-order chi connectivity index (χ1) is 15.0. The Morgan fingerprint density at radius 1 is 1.29 bits per heavy atom. The summed E-state index contributed by atoms with van der Waals surface area (Å²) < 4.78 is 2.04. The number of halogens is 1. The van der Waals surface area contributed by atoms with Crippen molar-refractivity contribution >= 4 is 34.1 Å². The molecule has 0 fully saturated rings. The molecule has 1 atom stereocenters. The van der Waals surface area contributed by atoms with E-state index in [0.717, 1.165) is 37.0 Å². The third-order valence-corrected chi connectivity index (χ3v) is 6.46. The van der Waals surface area contributed by atoms with Gasteiger partial charge in [0.05, 0.1) is 22.3 Å². The second-order valence-electron chi connectivity index (χ2n) is 8.23. The van der Waals surface area contributed by atoms with E-state index in [0.29, 0.717) is 28.8 Å². The van der Waals surface area contributed by atoms with Gasteiger partial charge in [0.25, 0.3) is 0 Å². The monoisotopic (exact) mass is 437 g/mol. The van der Waals surface area contributed by atoms with Crippen molar-refractivity contribution in [2.24, 2.45) is 5.73 Å². The molecular formula is C25H28ClN3O2. The Morgan fingerprint density at radius 3 is 2.87 bits per heavy atom. The van der Waals surface area contributed by atoms with Crippen molar-refractivity contribution in [3.63, 3.8) is 0 Å². The molecule has 0 radical (unpaired) electrons. The zero-order valence-electron chi connectivity index (χ0n) is 17.8. The predicted octanol–water partition coefficient (Wildman–Crippen LogP) is 4.97. The summed E-state index contributed by atoms with van der Waals surface area (Å²) in [4.78, 5) is 24.3. The number of primary amides is 1. The molecular weight excluding hydrogens is 410 g/mol. The molecule has 6 heteroatoms. The van der Waals surface area contributed by atoms with Gasteiger partial charge in [0.2, 0.25) is 5.91 Å². The summed E-state index contributed by atoms with van der Waals surface area (Å²) in [6, 6.07) is 12.4. The van der Waals surface area contributed by atoms with E-state index in [1.807, 2.05) is 29.8 Å². The van der Waals surface area contributed by atoms with Crippen LogP contribution >= 0.6 is 11.6 Å². The second-order valence-corrected chi connectivity index (χ2v) is 8.63. The summed E-state index contributed by atoms with van der Waals surface area (Å²) in [6.07, 6.45) is 6.49. The molecule has 4 rings (SSSR count). The van der Waals surface area contributed by atoms with Gasteiger partial charge in [-0.3, -0.25) is 9.59 Å². The molecule has 1 aliphatic rings. The number of aryl methyl sites for hydroxylation is 3. The molecule has 1 aliphatic carbocycles. The highest BCUT2D eigenvalue weighted by Crippen LogP contribution is 2.35. The van der Waals surface area contributed by atoms with Crippen molar-refractivity contribution in [3.8, 4) is 0 Å². The van der Waals surface area contributed by atoms with Gasteiger partial charge in [-0.25, -0.2) is 0 Å². The molecule has 162 valence electrons. The maximum absolute atomic E-state index is 13.2. The van der Waals surface area contributed by atoms with Crippen LogP contribution in [-0.4, -0.2) is 10.5 Å². The van der Waals surface area contributed by atoms with Gasteiger partial charge in [-0.1, -0.05) is 35.9 Å². The topological polar surface area (TPSA) is 77.1 Å². The zero-order valence-corrected chi connectivity index (χ0v) is 18.5. The lowest BCUT2D eigenvalue weighted by atomic mass is 9.87. The average molecular weight is 438 g/mol. The van der Waals surface area contributed by atoms with E-state index in [2.05, 4.69) is 29.6 Å². The summed E-state index contributed by atoms with van der Waals surface area (Å²) in [6.45, 7) is 2.76. The molecule has 0 saturated carbocycles. The fourth-order valence-electron chi connectivity index (χ4n) is 4.57. The minimum Gasteiger partial charge on any atom is -0.377 e. The summed E-state index contributed by atoms with van der Waals surface area (Å²) in [5.74, 6) is -0.345. The Hall–Kier alpha value is -2.79. The van der Waals surface area contributed by atoms with E-state index in [-0.39, 0.29) is 23.8 Å². The number of hydrogen-bond donors (Lipinski definition) is 2. The van der Waals surface area contributed by atoms with Crippen LogP contribution in [0.2, 0.25) is 5.02 Å². The van der Waals surface area contributed by atoms with Gasteiger partial charge < -0.3 is 15.6 Å². The highest BCUT2D eigenvalue weighted by molar-refractivity contribution is 6.34. The van der Waals surface area contributed by atoms with E-state index in [1.54, 1.807) is 0 Å². The van der Waals surface area contributed by atoms with Crippen LogP contribution in [0.15, 0.2) is 47.4 Å². The van der Waals surface area contributed by atoms with Crippen LogP contribution in [-0.2, 0) is 24.2 Å². The summed E-state index contributed by atoms with van der Waals surface area (Å²) >= 11 is 6.66. The number of benzene rings is 2. The molecule has 0 saturated heterocycles. The lowest BCUT2D eigenvalue weighted by Gasteiger charge is -2.28. The number of rotatable bonds is 7. The third-order valence-electron chi connectivity index (χ3n) is 6.15. The fourth-order valence-corrected chi connectivity index (χ4v) is 4.78. The molecule has 2 aromatic carbocycles. The predicted molar refractivity (Wildman–Crippen MR) is 127 cm³/mol. The summed E-state index contributed by atoms with van der Waals surface area (Å²) in [7, 11) is 0. The molecule has 3 N–H and O–H groups in total. The number of fused-ring (bicyclic) bond motifs is 2. The Labute approximate surface area is 187 Å². The Morgan fingerprint density at radius 2 is 2.10 bits per heavy atom. The standard InChI is InChI=1S/C25H28ClN3O2/c1-2-29-15-17(9-6-12-24(27)30)25(31)19-13-22(20(26)14-23(19)29)28-21-11-5-8-16-7-3-4-10-18(16)21/h3-4,7,10,13-15,21,28H,2,5-6,8-9,11-12H2,1H3,(H2,27,30). The molecule has 1 heterocycles. The summed E-state index contributed by atoms with van der Waals surface area (Å²) in [5.41, 5.74) is 10.2. The summed E-state index contributed by atoms with van der Waals surface area (Å²) in [5, 5.41) is 4.86. The minimum atomic E-state index is -0.345. The fraction of sp³-hybridized carbons (Fsp3) is 0.360. The van der Waals surface area contributed by atoms with E-state index >= 15 is 0 Å². The van der Waals surface area contributed by atoms with Gasteiger partial charge in [0.15, 0.2) is 5.43 Å². The van der Waals surface area contributed by atoms with Crippen LogP contribution in [0.5, 0.6) is 0 Å². The minimum absolute atomic E-state index is 0.00655. The first-order valence-corrected chi connectivity index (χ1v) is 11.3. The molecule has 0 aliphatic heterocycles. The van der Waals surface area contributed by atoms with E-state index < -0.39 is 0 Å². The molecule has 0 spiro atoms. The smallest absolute Gasteiger partial charge is 0.217 e. The van der Waals surface area contributed by atoms with Crippen molar-refractivity contribution in [2.45, 2.75) is 58.0 Å². The Bertz CT molecular complexity index is 1190. The molecule has 1 unspecified atom stereocenters. The SMILES string of the molecule is CCn1cc(CCCC(N)=O)c(=O)c2cc(NC3CCCc4ccccc43)c(Cl)cc21.